The van der Waals surface area contributed by atoms with Crippen LogP contribution in [-0.4, -0.2) is 46.0 Å². The Balaban J connectivity index is 1.85. The van der Waals surface area contributed by atoms with Crippen LogP contribution in [0.1, 0.15) is 30.4 Å². The van der Waals surface area contributed by atoms with Crippen molar-refractivity contribution in [2.24, 2.45) is 0 Å². The fourth-order valence-corrected chi connectivity index (χ4v) is 3.08. The molecule has 1 heterocycles. The molecular formula is C16H20N2O3. The molecule has 1 aromatic carbocycles. The largest absolute Gasteiger partial charge is 0.480 e. The highest BCUT2D eigenvalue weighted by Gasteiger charge is 2.38. The van der Waals surface area contributed by atoms with Crippen LogP contribution in [0.2, 0.25) is 0 Å². The van der Waals surface area contributed by atoms with E-state index >= 15 is 0 Å². The first-order chi connectivity index (χ1) is 10.1. The van der Waals surface area contributed by atoms with E-state index in [1.807, 2.05) is 24.3 Å². The molecule has 0 saturated heterocycles. The lowest BCUT2D eigenvalue weighted by molar-refractivity contribution is -0.143. The minimum atomic E-state index is -0.931. The molecule has 1 aliphatic heterocycles. The van der Waals surface area contributed by atoms with Gasteiger partial charge in [0, 0.05) is 26.1 Å². The molecule has 112 valence electrons. The smallest absolute Gasteiger partial charge is 0.326 e. The number of aliphatic carboxylic acids is 1. The van der Waals surface area contributed by atoms with Crippen LogP contribution in [0.3, 0.4) is 0 Å². The Morgan fingerprint density at radius 2 is 1.90 bits per heavy atom. The van der Waals surface area contributed by atoms with E-state index in [1.54, 1.807) is 11.9 Å². The number of nitrogens with zero attached hydrogens (tertiary/aromatic N) is 2. The molecule has 1 fully saturated rings. The van der Waals surface area contributed by atoms with Gasteiger partial charge in [-0.05, 0) is 30.4 Å². The summed E-state index contributed by atoms with van der Waals surface area (Å²) < 4.78 is 0. The van der Waals surface area contributed by atoms with E-state index in [2.05, 4.69) is 0 Å². The van der Waals surface area contributed by atoms with Crippen LogP contribution >= 0.6 is 0 Å². The molecular weight excluding hydrogens is 268 g/mol. The molecule has 3 rings (SSSR count). The molecule has 1 N–H and O–H groups in total. The maximum Gasteiger partial charge on any atom is 0.326 e. The number of fused-ring (bicyclic) bond motifs is 1. The Morgan fingerprint density at radius 1 is 1.24 bits per heavy atom. The number of benzene rings is 1. The van der Waals surface area contributed by atoms with Gasteiger partial charge >= 0.3 is 12.0 Å². The Hall–Kier alpha value is -2.04. The van der Waals surface area contributed by atoms with Gasteiger partial charge in [0.25, 0.3) is 0 Å². The van der Waals surface area contributed by atoms with Crippen LogP contribution in [0, 0.1) is 0 Å². The van der Waals surface area contributed by atoms with Gasteiger partial charge in [-0.25, -0.2) is 9.59 Å². The standard InChI is InChI=1S/C16H20N2O3/c1-17(13-7-4-8-13)16(21)18-10-12-6-3-2-5-11(12)9-14(18)15(19)20/h2-3,5-6,13-14H,4,7-10H2,1H3,(H,19,20). The van der Waals surface area contributed by atoms with Gasteiger partial charge in [0.15, 0.2) is 0 Å². The van der Waals surface area contributed by atoms with E-state index in [-0.39, 0.29) is 12.1 Å². The number of urea groups is 1. The SMILES string of the molecule is CN(C(=O)N1Cc2ccccc2CC1C(=O)O)C1CCC1. The number of hydrogen-bond donors (Lipinski definition) is 1. The first-order valence-electron chi connectivity index (χ1n) is 7.41. The van der Waals surface area contributed by atoms with E-state index < -0.39 is 12.0 Å². The summed E-state index contributed by atoms with van der Waals surface area (Å²) in [6, 6.07) is 7.09. The predicted octanol–water partition coefficient (Wildman–Crippen LogP) is 2.10. The fourth-order valence-electron chi connectivity index (χ4n) is 3.08. The van der Waals surface area contributed by atoms with Crippen molar-refractivity contribution in [3.63, 3.8) is 0 Å². The van der Waals surface area contributed by atoms with Gasteiger partial charge in [-0.1, -0.05) is 24.3 Å². The number of carbonyl (C=O) groups excluding carboxylic acids is 1. The van der Waals surface area contributed by atoms with E-state index in [9.17, 15) is 14.7 Å². The molecule has 0 spiro atoms. The van der Waals surface area contributed by atoms with Crippen LogP contribution < -0.4 is 0 Å². The van der Waals surface area contributed by atoms with E-state index in [0.717, 1.165) is 30.4 Å². The third-order valence-electron chi connectivity index (χ3n) is 4.70. The van der Waals surface area contributed by atoms with Crippen molar-refractivity contribution >= 4 is 12.0 Å². The monoisotopic (exact) mass is 288 g/mol. The summed E-state index contributed by atoms with van der Waals surface area (Å²) in [5.74, 6) is -0.931. The van der Waals surface area contributed by atoms with Crippen molar-refractivity contribution in [2.75, 3.05) is 7.05 Å². The summed E-state index contributed by atoms with van der Waals surface area (Å²) in [5.41, 5.74) is 2.07. The number of carbonyl (C=O) groups is 2. The summed E-state index contributed by atoms with van der Waals surface area (Å²) in [6.07, 6.45) is 3.57. The highest BCUT2D eigenvalue weighted by molar-refractivity contribution is 5.83. The highest BCUT2D eigenvalue weighted by atomic mass is 16.4. The van der Waals surface area contributed by atoms with E-state index in [0.29, 0.717) is 13.0 Å². The van der Waals surface area contributed by atoms with Crippen molar-refractivity contribution < 1.29 is 14.7 Å². The van der Waals surface area contributed by atoms with Gasteiger partial charge in [-0.3, -0.25) is 0 Å². The highest BCUT2D eigenvalue weighted by Crippen LogP contribution is 2.28. The molecule has 2 aliphatic rings. The third kappa shape index (κ3) is 2.48. The molecule has 5 nitrogen and oxygen atoms in total. The van der Waals surface area contributed by atoms with Crippen molar-refractivity contribution in [1.82, 2.24) is 9.80 Å². The van der Waals surface area contributed by atoms with E-state index in [4.69, 9.17) is 0 Å². The second-order valence-corrected chi connectivity index (χ2v) is 5.93. The van der Waals surface area contributed by atoms with Crippen LogP contribution in [0.15, 0.2) is 24.3 Å². The van der Waals surface area contributed by atoms with Gasteiger partial charge < -0.3 is 14.9 Å². The van der Waals surface area contributed by atoms with Crippen LogP contribution in [0.5, 0.6) is 0 Å². The number of hydrogen-bond acceptors (Lipinski definition) is 2. The molecule has 0 radical (unpaired) electrons. The topological polar surface area (TPSA) is 60.9 Å². The Labute approximate surface area is 124 Å². The minimum absolute atomic E-state index is 0.165. The molecule has 0 bridgehead atoms. The van der Waals surface area contributed by atoms with Crippen molar-refractivity contribution in [2.45, 2.75) is 44.3 Å². The molecule has 1 saturated carbocycles. The molecule has 1 unspecified atom stereocenters. The number of carboxylic acid groups (broad SMARTS) is 1. The van der Waals surface area contributed by atoms with Gasteiger partial charge in [0.05, 0.1) is 0 Å². The first-order valence-corrected chi connectivity index (χ1v) is 7.41. The molecule has 0 aromatic heterocycles. The molecule has 21 heavy (non-hydrogen) atoms. The maximum absolute atomic E-state index is 12.6. The average molecular weight is 288 g/mol. The summed E-state index contributed by atoms with van der Waals surface area (Å²) in [6.45, 7) is 0.378. The second kappa shape index (κ2) is 5.39. The Kier molecular flexibility index (Phi) is 3.57. The van der Waals surface area contributed by atoms with Crippen LogP contribution in [-0.2, 0) is 17.8 Å². The summed E-state index contributed by atoms with van der Waals surface area (Å²) in [7, 11) is 1.78. The Morgan fingerprint density at radius 3 is 2.48 bits per heavy atom. The van der Waals surface area contributed by atoms with Gasteiger partial charge in [0.1, 0.15) is 6.04 Å². The number of carboxylic acids is 1. The number of amides is 2. The maximum atomic E-state index is 12.6. The van der Waals surface area contributed by atoms with Gasteiger partial charge in [0.2, 0.25) is 0 Å². The molecule has 1 aromatic rings. The Bertz CT molecular complexity index is 568. The number of rotatable bonds is 2. The van der Waals surface area contributed by atoms with Crippen molar-refractivity contribution in [3.8, 4) is 0 Å². The first kappa shape index (κ1) is 13.9. The lowest BCUT2D eigenvalue weighted by atomic mass is 9.91. The molecule has 5 heteroatoms. The van der Waals surface area contributed by atoms with Crippen molar-refractivity contribution in [3.05, 3.63) is 35.4 Å². The minimum Gasteiger partial charge on any atom is -0.480 e. The zero-order chi connectivity index (χ0) is 15.0. The fraction of sp³-hybridized carbons (Fsp3) is 0.500. The quantitative estimate of drug-likeness (QED) is 0.906. The molecule has 1 aliphatic carbocycles. The van der Waals surface area contributed by atoms with Crippen LogP contribution in [0.4, 0.5) is 4.79 Å². The van der Waals surface area contributed by atoms with Crippen molar-refractivity contribution in [1.29, 1.82) is 0 Å². The lowest BCUT2D eigenvalue weighted by Gasteiger charge is -2.41. The molecule has 1 atom stereocenters. The normalized spacial score (nSPS) is 21.4. The summed E-state index contributed by atoms with van der Waals surface area (Å²) in [5, 5.41) is 9.46. The summed E-state index contributed by atoms with van der Waals surface area (Å²) in [4.78, 5) is 27.4. The molecule has 2 amide bonds. The predicted molar refractivity (Wildman–Crippen MR) is 77.9 cm³/mol. The summed E-state index contributed by atoms with van der Waals surface area (Å²) >= 11 is 0. The third-order valence-corrected chi connectivity index (χ3v) is 4.70. The van der Waals surface area contributed by atoms with Gasteiger partial charge in [-0.15, -0.1) is 0 Å². The van der Waals surface area contributed by atoms with E-state index in [1.165, 1.54) is 4.90 Å². The van der Waals surface area contributed by atoms with Crippen LogP contribution in [0.25, 0.3) is 0 Å². The average Bonchev–Trinajstić information content (AvgIpc) is 2.43. The second-order valence-electron chi connectivity index (χ2n) is 5.93. The lowest BCUT2D eigenvalue weighted by Crippen LogP contribution is -2.55. The zero-order valence-corrected chi connectivity index (χ0v) is 12.2. The zero-order valence-electron chi connectivity index (χ0n) is 12.2. The van der Waals surface area contributed by atoms with Gasteiger partial charge in [-0.2, -0.15) is 0 Å².